The van der Waals surface area contributed by atoms with Gasteiger partial charge in [-0.05, 0) is 41.1 Å². The highest BCUT2D eigenvalue weighted by atomic mass is 79.9. The average molecular weight is 315 g/mol. The molecule has 18 heavy (non-hydrogen) atoms. The highest BCUT2D eigenvalue weighted by Crippen LogP contribution is 2.20. The summed E-state index contributed by atoms with van der Waals surface area (Å²) in [7, 11) is 1.31. The molecule has 3 N–H and O–H groups in total. The topological polar surface area (TPSA) is 81.4 Å². The number of esters is 1. The number of hydrogen-bond donors (Lipinski definition) is 2. The second-order valence-corrected chi connectivity index (χ2v) is 4.75. The van der Waals surface area contributed by atoms with E-state index in [0.717, 1.165) is 4.47 Å². The van der Waals surface area contributed by atoms with Crippen molar-refractivity contribution in [3.63, 3.8) is 0 Å². The van der Waals surface area contributed by atoms with E-state index in [4.69, 9.17) is 5.73 Å². The molecule has 1 atom stereocenters. The maximum Gasteiger partial charge on any atom is 0.307 e. The van der Waals surface area contributed by atoms with Crippen LogP contribution in [0.25, 0.3) is 0 Å². The van der Waals surface area contributed by atoms with Crippen molar-refractivity contribution in [2.45, 2.75) is 19.4 Å². The van der Waals surface area contributed by atoms with Gasteiger partial charge >= 0.3 is 5.97 Å². The summed E-state index contributed by atoms with van der Waals surface area (Å²) < 4.78 is 5.26. The van der Waals surface area contributed by atoms with E-state index in [9.17, 15) is 9.59 Å². The normalized spacial score (nSPS) is 11.7. The second kappa shape index (κ2) is 6.39. The zero-order chi connectivity index (χ0) is 13.7. The lowest BCUT2D eigenvalue weighted by molar-refractivity contribution is -0.141. The molecule has 0 heterocycles. The van der Waals surface area contributed by atoms with E-state index in [1.807, 2.05) is 0 Å². The van der Waals surface area contributed by atoms with Crippen molar-refractivity contribution < 1.29 is 14.3 Å². The second-order valence-electron chi connectivity index (χ2n) is 3.89. The van der Waals surface area contributed by atoms with Crippen molar-refractivity contribution in [2.75, 3.05) is 12.8 Å². The number of benzene rings is 1. The predicted octanol–water partition coefficient (Wildman–Crippen LogP) is 1.71. The Hall–Kier alpha value is -1.56. The Balaban J connectivity index is 2.64. The Bertz CT molecular complexity index is 463. The molecule has 5 nitrogen and oxygen atoms in total. The number of hydrogen-bond acceptors (Lipinski definition) is 4. The van der Waals surface area contributed by atoms with Crippen molar-refractivity contribution in [2.24, 2.45) is 0 Å². The van der Waals surface area contributed by atoms with E-state index in [1.54, 1.807) is 25.1 Å². The van der Waals surface area contributed by atoms with E-state index in [0.29, 0.717) is 11.3 Å². The molecular weight excluding hydrogens is 300 g/mol. The van der Waals surface area contributed by atoms with Gasteiger partial charge in [-0.15, -0.1) is 0 Å². The molecule has 1 rings (SSSR count). The van der Waals surface area contributed by atoms with Crippen LogP contribution in [0, 0.1) is 0 Å². The van der Waals surface area contributed by atoms with Crippen molar-refractivity contribution in [3.05, 3.63) is 28.2 Å². The summed E-state index contributed by atoms with van der Waals surface area (Å²) in [4.78, 5) is 22.9. The fraction of sp³-hybridized carbons (Fsp3) is 0.333. The van der Waals surface area contributed by atoms with Crippen LogP contribution in [0.1, 0.15) is 23.7 Å². The molecule has 0 aliphatic heterocycles. The molecule has 0 spiro atoms. The molecule has 1 aromatic carbocycles. The van der Waals surface area contributed by atoms with E-state index in [-0.39, 0.29) is 24.3 Å². The number of methoxy groups -OCH3 is 1. The third-order valence-corrected chi connectivity index (χ3v) is 3.06. The lowest BCUT2D eigenvalue weighted by Gasteiger charge is -2.13. The molecule has 0 fully saturated rings. The molecule has 0 saturated carbocycles. The van der Waals surface area contributed by atoms with Crippen LogP contribution in [-0.4, -0.2) is 25.0 Å². The van der Waals surface area contributed by atoms with Crippen LogP contribution in [-0.2, 0) is 9.53 Å². The molecule has 6 heteroatoms. The maximum atomic E-state index is 11.9. The van der Waals surface area contributed by atoms with Gasteiger partial charge < -0.3 is 15.8 Å². The van der Waals surface area contributed by atoms with Crippen molar-refractivity contribution in [1.29, 1.82) is 0 Å². The number of rotatable bonds is 4. The first-order chi connectivity index (χ1) is 8.43. The average Bonchev–Trinajstić information content (AvgIpc) is 2.32. The summed E-state index contributed by atoms with van der Waals surface area (Å²) in [5.41, 5.74) is 6.63. The van der Waals surface area contributed by atoms with Gasteiger partial charge in [0.25, 0.3) is 5.91 Å². The lowest BCUT2D eigenvalue weighted by Crippen LogP contribution is -2.34. The Morgan fingerprint density at radius 1 is 1.50 bits per heavy atom. The van der Waals surface area contributed by atoms with Gasteiger partial charge in [0.2, 0.25) is 0 Å². The SMILES string of the molecule is COC(=O)CC(C)NC(=O)c1ccc(Br)c(N)c1. The first-order valence-corrected chi connectivity index (χ1v) is 6.16. The number of carbonyl (C=O) groups is 2. The van der Waals surface area contributed by atoms with Crippen LogP contribution in [0.3, 0.4) is 0 Å². The zero-order valence-corrected chi connectivity index (χ0v) is 11.8. The Kier molecular flexibility index (Phi) is 5.15. The van der Waals surface area contributed by atoms with Gasteiger partial charge in [0.05, 0.1) is 13.5 Å². The molecule has 1 unspecified atom stereocenters. The molecule has 0 bridgehead atoms. The number of ether oxygens (including phenoxy) is 1. The number of halogens is 1. The maximum absolute atomic E-state index is 11.9. The van der Waals surface area contributed by atoms with Gasteiger partial charge in [0.1, 0.15) is 0 Å². The first-order valence-electron chi connectivity index (χ1n) is 5.36. The van der Waals surface area contributed by atoms with Crippen LogP contribution in [0.5, 0.6) is 0 Å². The van der Waals surface area contributed by atoms with Crippen molar-refractivity contribution in [1.82, 2.24) is 5.32 Å². The molecule has 98 valence electrons. The van der Waals surface area contributed by atoms with E-state index < -0.39 is 0 Å². The predicted molar refractivity (Wildman–Crippen MR) is 72.1 cm³/mol. The molecule has 0 aliphatic carbocycles. The number of amides is 1. The molecule has 1 aromatic rings. The number of nitrogen functional groups attached to an aromatic ring is 1. The van der Waals surface area contributed by atoms with Crippen LogP contribution in [0.4, 0.5) is 5.69 Å². The minimum atomic E-state index is -0.363. The number of nitrogens with one attached hydrogen (secondary N) is 1. The summed E-state index contributed by atoms with van der Waals surface area (Å²) in [6.07, 6.45) is 0.133. The van der Waals surface area contributed by atoms with Gasteiger partial charge in [-0.2, -0.15) is 0 Å². The number of anilines is 1. The van der Waals surface area contributed by atoms with E-state index in [1.165, 1.54) is 7.11 Å². The number of nitrogens with two attached hydrogens (primary N) is 1. The van der Waals surface area contributed by atoms with Crippen molar-refractivity contribution in [3.8, 4) is 0 Å². The summed E-state index contributed by atoms with van der Waals surface area (Å²) in [5, 5.41) is 2.70. The van der Waals surface area contributed by atoms with Gasteiger partial charge in [-0.3, -0.25) is 9.59 Å². The van der Waals surface area contributed by atoms with E-state index >= 15 is 0 Å². The first kappa shape index (κ1) is 14.5. The fourth-order valence-electron chi connectivity index (χ4n) is 1.38. The summed E-state index contributed by atoms with van der Waals surface area (Å²) >= 11 is 3.25. The van der Waals surface area contributed by atoms with Crippen LogP contribution >= 0.6 is 15.9 Å². The molecular formula is C12H15BrN2O3. The Morgan fingerprint density at radius 2 is 2.17 bits per heavy atom. The third-order valence-electron chi connectivity index (χ3n) is 2.34. The van der Waals surface area contributed by atoms with Gasteiger partial charge in [0, 0.05) is 21.8 Å². The quantitative estimate of drug-likeness (QED) is 0.655. The molecule has 0 aliphatic rings. The molecule has 0 saturated heterocycles. The Morgan fingerprint density at radius 3 is 2.72 bits per heavy atom. The Labute approximate surface area is 114 Å². The van der Waals surface area contributed by atoms with Gasteiger partial charge in [0.15, 0.2) is 0 Å². The molecule has 0 radical (unpaired) electrons. The van der Waals surface area contributed by atoms with Gasteiger partial charge in [-0.1, -0.05) is 0 Å². The minimum absolute atomic E-state index is 0.133. The summed E-state index contributed by atoms with van der Waals surface area (Å²) in [6, 6.07) is 4.63. The monoisotopic (exact) mass is 314 g/mol. The van der Waals surface area contributed by atoms with Crippen LogP contribution in [0.15, 0.2) is 22.7 Å². The standard InChI is InChI=1S/C12H15BrN2O3/c1-7(5-11(16)18-2)15-12(17)8-3-4-9(13)10(14)6-8/h3-4,6-7H,5,14H2,1-2H3,(H,15,17). The van der Waals surface area contributed by atoms with Crippen molar-refractivity contribution >= 4 is 33.5 Å². The highest BCUT2D eigenvalue weighted by Gasteiger charge is 2.14. The van der Waals surface area contributed by atoms with Crippen LogP contribution in [0.2, 0.25) is 0 Å². The highest BCUT2D eigenvalue weighted by molar-refractivity contribution is 9.10. The molecule has 1 amide bonds. The smallest absolute Gasteiger partial charge is 0.307 e. The largest absolute Gasteiger partial charge is 0.469 e. The zero-order valence-electron chi connectivity index (χ0n) is 10.2. The summed E-state index contributed by atoms with van der Waals surface area (Å²) in [6.45, 7) is 1.73. The minimum Gasteiger partial charge on any atom is -0.469 e. The van der Waals surface area contributed by atoms with E-state index in [2.05, 4.69) is 26.0 Å². The third kappa shape index (κ3) is 4.03. The fourth-order valence-corrected chi connectivity index (χ4v) is 1.62. The lowest BCUT2D eigenvalue weighted by atomic mass is 10.1. The number of carbonyl (C=O) groups excluding carboxylic acids is 2. The summed E-state index contributed by atoms with van der Waals surface area (Å²) in [5.74, 6) is -0.635. The van der Waals surface area contributed by atoms with Gasteiger partial charge in [-0.25, -0.2) is 0 Å². The van der Waals surface area contributed by atoms with Crippen LogP contribution < -0.4 is 11.1 Å². The molecule has 0 aromatic heterocycles.